The summed E-state index contributed by atoms with van der Waals surface area (Å²) in [5.41, 5.74) is 6.68. The Morgan fingerprint density at radius 2 is 1.73 bits per heavy atom. The third kappa shape index (κ3) is 13.3. The highest BCUT2D eigenvalue weighted by atomic mass is 127. The van der Waals surface area contributed by atoms with Gasteiger partial charge in [-0.15, -0.1) is 24.0 Å². The van der Waals surface area contributed by atoms with Crippen molar-refractivity contribution in [2.45, 2.75) is 52.0 Å². The third-order valence-electron chi connectivity index (χ3n) is 3.81. The lowest BCUT2D eigenvalue weighted by atomic mass is 10.1. The number of benzene rings is 1. The molecule has 4 N–H and O–H groups in total. The van der Waals surface area contributed by atoms with Gasteiger partial charge in [0.1, 0.15) is 0 Å². The molecule has 0 bridgehead atoms. The van der Waals surface area contributed by atoms with Gasteiger partial charge in [0.2, 0.25) is 10.0 Å². The van der Waals surface area contributed by atoms with E-state index < -0.39 is 10.0 Å². The number of nitrogens with zero attached hydrogens (tertiary/aromatic N) is 1. The van der Waals surface area contributed by atoms with E-state index in [1.54, 1.807) is 0 Å². The minimum atomic E-state index is -3.34. The summed E-state index contributed by atoms with van der Waals surface area (Å²) in [6.45, 7) is 3.43. The van der Waals surface area contributed by atoms with Crippen molar-refractivity contribution in [3.8, 4) is 0 Å². The van der Waals surface area contributed by atoms with Gasteiger partial charge in [0, 0.05) is 19.6 Å². The Balaban J connectivity index is 0.00000625. The molecule has 0 unspecified atom stereocenters. The first-order valence-electron chi connectivity index (χ1n) is 9.08. The molecule has 0 fully saturated rings. The Hall–Kier alpha value is -0.870. The number of nitrogens with two attached hydrogens (primary N) is 1. The summed E-state index contributed by atoms with van der Waals surface area (Å²) in [4.78, 5) is 4.22. The van der Waals surface area contributed by atoms with Crippen molar-refractivity contribution < 1.29 is 8.42 Å². The number of rotatable bonds is 13. The number of nitrogens with one attached hydrogen (secondary N) is 2. The van der Waals surface area contributed by atoms with Crippen molar-refractivity contribution in [3.05, 3.63) is 35.9 Å². The van der Waals surface area contributed by atoms with Crippen LogP contribution in [-0.2, 0) is 16.6 Å². The van der Waals surface area contributed by atoms with Crippen LogP contribution >= 0.6 is 24.0 Å². The molecule has 1 aromatic carbocycles. The van der Waals surface area contributed by atoms with Crippen molar-refractivity contribution in [2.75, 3.05) is 18.8 Å². The van der Waals surface area contributed by atoms with Gasteiger partial charge in [-0.3, -0.25) is 4.99 Å². The normalized spacial score (nSPS) is 11.8. The second kappa shape index (κ2) is 15.2. The van der Waals surface area contributed by atoms with Crippen molar-refractivity contribution in [2.24, 2.45) is 10.7 Å². The van der Waals surface area contributed by atoms with Crippen LogP contribution in [0.2, 0.25) is 0 Å². The average molecular weight is 496 g/mol. The molecule has 0 atom stereocenters. The molecule has 0 saturated heterocycles. The molecule has 0 aliphatic heterocycles. The zero-order valence-corrected chi connectivity index (χ0v) is 18.8. The van der Waals surface area contributed by atoms with E-state index in [0.717, 1.165) is 18.4 Å². The fourth-order valence-electron chi connectivity index (χ4n) is 2.32. The molecule has 0 spiro atoms. The van der Waals surface area contributed by atoms with Crippen LogP contribution in [0.15, 0.2) is 35.3 Å². The Bertz CT molecular complexity index is 594. The van der Waals surface area contributed by atoms with E-state index in [1.165, 1.54) is 25.7 Å². The van der Waals surface area contributed by atoms with E-state index in [4.69, 9.17) is 5.73 Å². The summed E-state index contributed by atoms with van der Waals surface area (Å²) in [6.07, 6.45) is 7.24. The van der Waals surface area contributed by atoms with E-state index in [9.17, 15) is 8.42 Å². The molecule has 6 nitrogen and oxygen atoms in total. The van der Waals surface area contributed by atoms with Crippen LogP contribution in [0.25, 0.3) is 0 Å². The molecule has 0 aliphatic carbocycles. The average Bonchev–Trinajstić information content (AvgIpc) is 2.60. The van der Waals surface area contributed by atoms with E-state index in [1.807, 2.05) is 30.3 Å². The van der Waals surface area contributed by atoms with E-state index >= 15 is 0 Å². The highest BCUT2D eigenvalue weighted by molar-refractivity contribution is 14.0. The zero-order chi connectivity index (χ0) is 18.4. The monoisotopic (exact) mass is 496 g/mol. The first-order chi connectivity index (χ1) is 12.0. The van der Waals surface area contributed by atoms with Gasteiger partial charge in [-0.1, -0.05) is 69.4 Å². The molecule has 0 radical (unpaired) electrons. The Kier molecular flexibility index (Phi) is 14.7. The maximum absolute atomic E-state index is 11.9. The lowest BCUT2D eigenvalue weighted by molar-refractivity contribution is 0.580. The molecule has 1 rings (SSSR count). The molecule has 0 aromatic heterocycles. The Morgan fingerprint density at radius 3 is 2.42 bits per heavy atom. The molecule has 0 aliphatic rings. The van der Waals surface area contributed by atoms with Crippen molar-refractivity contribution in [1.82, 2.24) is 10.0 Å². The van der Waals surface area contributed by atoms with Gasteiger partial charge in [-0.25, -0.2) is 13.1 Å². The lowest BCUT2D eigenvalue weighted by Gasteiger charge is -2.08. The number of hydrogen-bond acceptors (Lipinski definition) is 3. The standard InChI is InChI=1S/C18H32N4O2S.HI/c1-2-3-4-5-6-10-13-20-18(19)21-14-15-25(23,24)22-16-17-11-8-7-9-12-17;/h7-9,11-12,22H,2-6,10,13-16H2,1H3,(H3,19,20,21);1H. The predicted molar refractivity (Wildman–Crippen MR) is 120 cm³/mol. The van der Waals surface area contributed by atoms with Gasteiger partial charge in [0.25, 0.3) is 0 Å². The van der Waals surface area contributed by atoms with Gasteiger partial charge in [0.05, 0.1) is 5.75 Å². The summed E-state index contributed by atoms with van der Waals surface area (Å²) in [5, 5.41) is 2.86. The van der Waals surface area contributed by atoms with Gasteiger partial charge >= 0.3 is 0 Å². The lowest BCUT2D eigenvalue weighted by Crippen LogP contribution is -2.38. The molecule has 1 aromatic rings. The maximum atomic E-state index is 11.9. The van der Waals surface area contributed by atoms with Gasteiger partial charge in [0.15, 0.2) is 5.96 Å². The fourth-order valence-corrected chi connectivity index (χ4v) is 3.22. The van der Waals surface area contributed by atoms with Crippen LogP contribution in [0.1, 0.15) is 51.0 Å². The highest BCUT2D eigenvalue weighted by Crippen LogP contribution is 2.04. The van der Waals surface area contributed by atoms with Crippen LogP contribution < -0.4 is 15.8 Å². The minimum absolute atomic E-state index is 0. The molecule has 0 saturated carbocycles. The Morgan fingerprint density at radius 1 is 1.08 bits per heavy atom. The third-order valence-corrected chi connectivity index (χ3v) is 5.14. The molecular formula is C18H33IN4O2S. The molecule has 26 heavy (non-hydrogen) atoms. The van der Waals surface area contributed by atoms with Crippen LogP contribution in [0, 0.1) is 0 Å². The van der Waals surface area contributed by atoms with Crippen LogP contribution in [-0.4, -0.2) is 33.2 Å². The smallest absolute Gasteiger partial charge is 0.213 e. The van der Waals surface area contributed by atoms with Gasteiger partial charge < -0.3 is 11.1 Å². The van der Waals surface area contributed by atoms with Gasteiger partial charge in [-0.05, 0) is 12.0 Å². The van der Waals surface area contributed by atoms with E-state index in [2.05, 4.69) is 22.0 Å². The maximum Gasteiger partial charge on any atom is 0.213 e. The number of unbranched alkanes of at least 4 members (excludes halogenated alkanes) is 5. The first-order valence-corrected chi connectivity index (χ1v) is 10.7. The number of guanidine groups is 1. The van der Waals surface area contributed by atoms with E-state index in [-0.39, 0.29) is 36.3 Å². The van der Waals surface area contributed by atoms with Crippen molar-refractivity contribution in [3.63, 3.8) is 0 Å². The molecule has 8 heteroatoms. The molecule has 0 heterocycles. The number of aliphatic imine (C=N–C) groups is 1. The Labute approximate surface area is 175 Å². The van der Waals surface area contributed by atoms with Crippen molar-refractivity contribution >= 4 is 40.0 Å². The quantitative estimate of drug-likeness (QED) is 0.169. The summed E-state index contributed by atoms with van der Waals surface area (Å²) >= 11 is 0. The summed E-state index contributed by atoms with van der Waals surface area (Å²) in [7, 11) is -3.34. The molecule has 150 valence electrons. The second-order valence-corrected chi connectivity index (χ2v) is 8.01. The van der Waals surface area contributed by atoms with Crippen LogP contribution in [0.3, 0.4) is 0 Å². The topological polar surface area (TPSA) is 96.6 Å². The number of hydrogen-bond donors (Lipinski definition) is 3. The van der Waals surface area contributed by atoms with Crippen LogP contribution in [0.4, 0.5) is 0 Å². The molecule has 0 amide bonds. The zero-order valence-electron chi connectivity index (χ0n) is 15.6. The number of sulfonamides is 1. The van der Waals surface area contributed by atoms with E-state index in [0.29, 0.717) is 19.0 Å². The van der Waals surface area contributed by atoms with Crippen molar-refractivity contribution in [1.29, 1.82) is 0 Å². The molecular weight excluding hydrogens is 463 g/mol. The van der Waals surface area contributed by atoms with Crippen LogP contribution in [0.5, 0.6) is 0 Å². The summed E-state index contributed by atoms with van der Waals surface area (Å²) < 4.78 is 26.5. The minimum Gasteiger partial charge on any atom is -0.370 e. The summed E-state index contributed by atoms with van der Waals surface area (Å²) in [5.74, 6) is 0.277. The largest absolute Gasteiger partial charge is 0.370 e. The predicted octanol–water partition coefficient (Wildman–Crippen LogP) is 2.99. The number of halogens is 1. The highest BCUT2D eigenvalue weighted by Gasteiger charge is 2.09. The summed E-state index contributed by atoms with van der Waals surface area (Å²) in [6, 6.07) is 9.43. The first kappa shape index (κ1) is 25.1. The fraction of sp³-hybridized carbons (Fsp3) is 0.611. The second-order valence-electron chi connectivity index (χ2n) is 6.09. The van der Waals surface area contributed by atoms with Gasteiger partial charge in [-0.2, -0.15) is 0 Å². The SMILES string of the molecule is CCCCCCCCN=C(N)NCCS(=O)(=O)NCc1ccccc1.I.